The minimum absolute atomic E-state index is 0.279. The van der Waals surface area contributed by atoms with Crippen LogP contribution in [0.1, 0.15) is 10.4 Å². The van der Waals surface area contributed by atoms with Crippen LogP contribution in [0.15, 0.2) is 59.2 Å². The van der Waals surface area contributed by atoms with E-state index in [0.29, 0.717) is 6.54 Å². The van der Waals surface area contributed by atoms with E-state index in [2.05, 4.69) is 20.0 Å². The maximum absolute atomic E-state index is 12.2. The molecule has 0 bridgehead atoms. The van der Waals surface area contributed by atoms with E-state index in [1.807, 2.05) is 19.1 Å². The molecule has 0 radical (unpaired) electrons. The Labute approximate surface area is 144 Å². The second kappa shape index (κ2) is 6.98. The zero-order valence-electron chi connectivity index (χ0n) is 12.9. The van der Waals surface area contributed by atoms with Crippen LogP contribution in [-0.2, 0) is 16.6 Å². The second-order valence-electron chi connectivity index (χ2n) is 5.11. The van der Waals surface area contributed by atoms with Gasteiger partial charge in [0.1, 0.15) is 10.0 Å². The number of pyridine rings is 2. The summed E-state index contributed by atoms with van der Waals surface area (Å²) in [5.74, 6) is 0.288. The molecule has 3 aromatic rings. The molecule has 0 aromatic carbocycles. The highest BCUT2D eigenvalue weighted by Crippen LogP contribution is 2.23. The van der Waals surface area contributed by atoms with E-state index < -0.39 is 10.0 Å². The molecule has 124 valence electrons. The summed E-state index contributed by atoms with van der Waals surface area (Å²) in [5.41, 5.74) is 1.91. The molecular weight excluding hydrogens is 344 g/mol. The number of hydrogen-bond donors (Lipinski definition) is 2. The maximum atomic E-state index is 12.2. The van der Waals surface area contributed by atoms with Crippen LogP contribution in [0.5, 0.6) is 0 Å². The summed E-state index contributed by atoms with van der Waals surface area (Å²) < 4.78 is 27.3. The summed E-state index contributed by atoms with van der Waals surface area (Å²) in [5, 5.41) is 3.22. The highest BCUT2D eigenvalue weighted by molar-refractivity contribution is 7.94. The first-order chi connectivity index (χ1) is 11.5. The topological polar surface area (TPSA) is 84.0 Å². The summed E-state index contributed by atoms with van der Waals surface area (Å²) in [6, 6.07) is 10.6. The van der Waals surface area contributed by atoms with Gasteiger partial charge in [-0.3, -0.25) is 9.71 Å². The van der Waals surface area contributed by atoms with E-state index in [0.717, 1.165) is 16.1 Å². The van der Waals surface area contributed by atoms with Crippen molar-refractivity contribution in [3.63, 3.8) is 0 Å². The van der Waals surface area contributed by atoms with Crippen molar-refractivity contribution >= 4 is 32.9 Å². The summed E-state index contributed by atoms with van der Waals surface area (Å²) in [6.07, 6.45) is 5.07. The third kappa shape index (κ3) is 4.09. The van der Waals surface area contributed by atoms with Gasteiger partial charge in [-0.05, 0) is 48.9 Å². The van der Waals surface area contributed by atoms with E-state index in [1.165, 1.54) is 11.3 Å². The fourth-order valence-electron chi connectivity index (χ4n) is 2.01. The Bertz CT molecular complexity index is 907. The summed E-state index contributed by atoms with van der Waals surface area (Å²) in [6.45, 7) is 2.51. The van der Waals surface area contributed by atoms with Crippen LogP contribution in [0.4, 0.5) is 11.5 Å². The predicted octanol–water partition coefficient (Wildman–Crippen LogP) is 3.26. The van der Waals surface area contributed by atoms with Crippen LogP contribution in [-0.4, -0.2) is 18.4 Å². The molecule has 0 atom stereocenters. The number of aromatic nitrogens is 2. The lowest BCUT2D eigenvalue weighted by molar-refractivity contribution is 0.603. The number of nitrogens with zero attached hydrogens (tertiary/aromatic N) is 2. The van der Waals surface area contributed by atoms with Crippen molar-refractivity contribution in [1.82, 2.24) is 9.97 Å². The number of nitrogens with one attached hydrogen (secondary N) is 2. The van der Waals surface area contributed by atoms with Gasteiger partial charge in [-0.1, -0.05) is 0 Å². The van der Waals surface area contributed by atoms with Gasteiger partial charge in [0.15, 0.2) is 0 Å². The van der Waals surface area contributed by atoms with Crippen molar-refractivity contribution in [1.29, 1.82) is 0 Å². The highest BCUT2D eigenvalue weighted by Gasteiger charge is 2.16. The molecule has 0 spiro atoms. The van der Waals surface area contributed by atoms with Crippen LogP contribution in [0.2, 0.25) is 0 Å². The van der Waals surface area contributed by atoms with E-state index in [9.17, 15) is 8.42 Å². The molecule has 0 saturated carbocycles. The number of sulfonamides is 1. The molecule has 0 fully saturated rings. The first kappa shape index (κ1) is 16.4. The van der Waals surface area contributed by atoms with Crippen molar-refractivity contribution in [3.8, 4) is 0 Å². The standard InChI is InChI=1S/C16H16N4O2S2/c1-12-2-5-16(23-12)24(21,22)20-15-4-3-14(11-19-15)18-10-13-6-8-17-9-7-13/h2-9,11,18H,10H2,1H3,(H,19,20). The van der Waals surface area contributed by atoms with E-state index >= 15 is 0 Å². The average molecular weight is 360 g/mol. The summed E-state index contributed by atoms with van der Waals surface area (Å²) >= 11 is 1.23. The number of hydrogen-bond acceptors (Lipinski definition) is 6. The first-order valence-corrected chi connectivity index (χ1v) is 9.51. The van der Waals surface area contributed by atoms with Gasteiger partial charge in [-0.2, -0.15) is 0 Å². The third-order valence-electron chi connectivity index (χ3n) is 3.23. The fraction of sp³-hybridized carbons (Fsp3) is 0.125. The van der Waals surface area contributed by atoms with Gasteiger partial charge in [0, 0.05) is 23.8 Å². The zero-order valence-corrected chi connectivity index (χ0v) is 14.6. The molecule has 8 heteroatoms. The maximum Gasteiger partial charge on any atom is 0.272 e. The van der Waals surface area contributed by atoms with Crippen LogP contribution < -0.4 is 10.0 Å². The van der Waals surface area contributed by atoms with Crippen LogP contribution in [0.25, 0.3) is 0 Å². The lowest BCUT2D eigenvalue weighted by Crippen LogP contribution is -2.12. The largest absolute Gasteiger partial charge is 0.380 e. The Morgan fingerprint density at radius 3 is 2.50 bits per heavy atom. The first-order valence-electron chi connectivity index (χ1n) is 7.21. The zero-order chi connectivity index (χ0) is 17.0. The molecule has 3 heterocycles. The Hall–Kier alpha value is -2.45. The molecule has 0 saturated heterocycles. The number of rotatable bonds is 6. The second-order valence-corrected chi connectivity index (χ2v) is 8.31. The van der Waals surface area contributed by atoms with Crippen LogP contribution in [0.3, 0.4) is 0 Å². The fourth-order valence-corrected chi connectivity index (χ4v) is 4.30. The third-order valence-corrected chi connectivity index (χ3v) is 6.08. The van der Waals surface area contributed by atoms with Gasteiger partial charge in [-0.15, -0.1) is 11.3 Å². The van der Waals surface area contributed by atoms with Gasteiger partial charge in [0.25, 0.3) is 10.0 Å². The van der Waals surface area contributed by atoms with E-state index in [4.69, 9.17) is 0 Å². The molecular formula is C16H16N4O2S2. The molecule has 3 rings (SSSR count). The smallest absolute Gasteiger partial charge is 0.272 e. The molecule has 0 aliphatic carbocycles. The molecule has 0 unspecified atom stereocenters. The molecule has 6 nitrogen and oxygen atoms in total. The Morgan fingerprint density at radius 1 is 1.08 bits per heavy atom. The van der Waals surface area contributed by atoms with Crippen molar-refractivity contribution in [2.24, 2.45) is 0 Å². The normalized spacial score (nSPS) is 11.2. The Morgan fingerprint density at radius 2 is 1.88 bits per heavy atom. The minimum atomic E-state index is -3.58. The minimum Gasteiger partial charge on any atom is -0.380 e. The highest BCUT2D eigenvalue weighted by atomic mass is 32.2. The summed E-state index contributed by atoms with van der Waals surface area (Å²) in [7, 11) is -3.58. The van der Waals surface area contributed by atoms with Gasteiger partial charge >= 0.3 is 0 Å². The van der Waals surface area contributed by atoms with Gasteiger partial charge in [0.2, 0.25) is 0 Å². The average Bonchev–Trinajstić information content (AvgIpc) is 3.02. The van der Waals surface area contributed by atoms with Crippen LogP contribution >= 0.6 is 11.3 Å². The van der Waals surface area contributed by atoms with Gasteiger partial charge in [0.05, 0.1) is 11.9 Å². The molecule has 0 aliphatic rings. The monoisotopic (exact) mass is 360 g/mol. The predicted molar refractivity (Wildman–Crippen MR) is 95.7 cm³/mol. The Balaban J connectivity index is 1.64. The SMILES string of the molecule is Cc1ccc(S(=O)(=O)Nc2ccc(NCc3ccncc3)cn2)s1. The molecule has 24 heavy (non-hydrogen) atoms. The number of anilines is 2. The number of thiophene rings is 1. The number of aryl methyl sites for hydroxylation is 1. The van der Waals surface area contributed by atoms with Crippen molar-refractivity contribution in [3.05, 3.63) is 65.4 Å². The molecule has 3 aromatic heterocycles. The molecule has 2 N–H and O–H groups in total. The van der Waals surface area contributed by atoms with Crippen LogP contribution in [0, 0.1) is 6.92 Å². The quantitative estimate of drug-likeness (QED) is 0.705. The van der Waals surface area contributed by atoms with Crippen molar-refractivity contribution in [2.45, 2.75) is 17.7 Å². The lowest BCUT2D eigenvalue weighted by Gasteiger charge is -2.08. The van der Waals surface area contributed by atoms with E-state index in [1.54, 1.807) is 42.9 Å². The van der Waals surface area contributed by atoms with Gasteiger partial charge < -0.3 is 5.32 Å². The molecule has 0 aliphatic heterocycles. The van der Waals surface area contributed by atoms with Gasteiger partial charge in [-0.25, -0.2) is 13.4 Å². The Kier molecular flexibility index (Phi) is 4.77. The van der Waals surface area contributed by atoms with E-state index in [-0.39, 0.29) is 10.0 Å². The molecule has 0 amide bonds. The van der Waals surface area contributed by atoms with Crippen molar-refractivity contribution in [2.75, 3.05) is 10.0 Å². The summed E-state index contributed by atoms with van der Waals surface area (Å²) in [4.78, 5) is 9.06. The lowest BCUT2D eigenvalue weighted by atomic mass is 10.2. The van der Waals surface area contributed by atoms with Crippen molar-refractivity contribution < 1.29 is 8.42 Å².